The van der Waals surface area contributed by atoms with Crippen LogP contribution >= 0.6 is 0 Å². The van der Waals surface area contributed by atoms with Gasteiger partial charge in [-0.25, -0.2) is 9.97 Å². The van der Waals surface area contributed by atoms with E-state index < -0.39 is 0 Å². The van der Waals surface area contributed by atoms with Crippen LogP contribution in [0.5, 0.6) is 0 Å². The average molecular weight is 538 g/mol. The van der Waals surface area contributed by atoms with Crippen molar-refractivity contribution in [3.8, 4) is 28.2 Å². The van der Waals surface area contributed by atoms with E-state index in [1.807, 2.05) is 48.5 Å². The van der Waals surface area contributed by atoms with Crippen LogP contribution in [0.4, 0.5) is 0 Å². The fourth-order valence-electron chi connectivity index (χ4n) is 6.33. The van der Waals surface area contributed by atoms with Crippen molar-refractivity contribution < 1.29 is 4.42 Å². The highest BCUT2D eigenvalue weighted by atomic mass is 16.3. The Bertz CT molecular complexity index is 2460. The maximum Gasteiger partial charge on any atom is 0.136 e. The molecule has 3 aromatic heterocycles. The van der Waals surface area contributed by atoms with Gasteiger partial charge in [0.15, 0.2) is 0 Å². The standard InChI is InChI=1S/C38H23N3O/c1-3-11-24(12-4-1)37-38(25-13-5-2-6-14-25)40-30-23-26(19-20-29(30)39-37)41-31-17-9-7-15-27(31)35-32(41)21-22-34-36(35)28-16-8-10-18-33(28)42-34/h1-23H. The van der Waals surface area contributed by atoms with E-state index >= 15 is 0 Å². The first-order valence-corrected chi connectivity index (χ1v) is 14.1. The van der Waals surface area contributed by atoms with Gasteiger partial charge in [-0.05, 0) is 42.5 Å². The molecule has 0 N–H and O–H groups in total. The fourth-order valence-corrected chi connectivity index (χ4v) is 6.33. The molecule has 0 saturated heterocycles. The fraction of sp³-hybridized carbons (Fsp3) is 0. The van der Waals surface area contributed by atoms with E-state index in [2.05, 4.69) is 95.6 Å². The summed E-state index contributed by atoms with van der Waals surface area (Å²) in [7, 11) is 0. The summed E-state index contributed by atoms with van der Waals surface area (Å²) in [4.78, 5) is 10.4. The summed E-state index contributed by atoms with van der Waals surface area (Å²) in [6.45, 7) is 0. The van der Waals surface area contributed by atoms with E-state index in [1.54, 1.807) is 0 Å². The van der Waals surface area contributed by atoms with Gasteiger partial charge in [-0.3, -0.25) is 0 Å². The van der Waals surface area contributed by atoms with Crippen LogP contribution in [-0.4, -0.2) is 14.5 Å². The molecule has 0 amide bonds. The minimum Gasteiger partial charge on any atom is -0.456 e. The van der Waals surface area contributed by atoms with Crippen LogP contribution in [-0.2, 0) is 0 Å². The lowest BCUT2D eigenvalue weighted by Gasteiger charge is -2.13. The number of hydrogen-bond acceptors (Lipinski definition) is 3. The maximum absolute atomic E-state index is 6.26. The Kier molecular flexibility index (Phi) is 4.87. The van der Waals surface area contributed by atoms with Crippen LogP contribution in [0.3, 0.4) is 0 Å². The van der Waals surface area contributed by atoms with Crippen molar-refractivity contribution in [3.63, 3.8) is 0 Å². The highest BCUT2D eigenvalue weighted by molar-refractivity contribution is 6.27. The van der Waals surface area contributed by atoms with Crippen molar-refractivity contribution >= 4 is 54.8 Å². The molecule has 0 aliphatic heterocycles. The highest BCUT2D eigenvalue weighted by Crippen LogP contribution is 2.41. The van der Waals surface area contributed by atoms with Crippen molar-refractivity contribution in [2.24, 2.45) is 0 Å². The number of benzene rings is 6. The Morgan fingerprint density at radius 3 is 1.86 bits per heavy atom. The summed E-state index contributed by atoms with van der Waals surface area (Å²) in [6, 6.07) is 48.2. The van der Waals surface area contributed by atoms with Crippen LogP contribution in [0.1, 0.15) is 0 Å². The second-order valence-corrected chi connectivity index (χ2v) is 10.6. The molecule has 0 radical (unpaired) electrons. The highest BCUT2D eigenvalue weighted by Gasteiger charge is 2.19. The Morgan fingerprint density at radius 1 is 0.452 bits per heavy atom. The van der Waals surface area contributed by atoms with Gasteiger partial charge < -0.3 is 8.98 Å². The SMILES string of the molecule is c1ccc(-c2nc3ccc(-n4c5ccccc5c5c6c(ccc54)oc4ccccc46)cc3nc2-c2ccccc2)cc1. The van der Waals surface area contributed by atoms with Crippen LogP contribution < -0.4 is 0 Å². The van der Waals surface area contributed by atoms with Gasteiger partial charge in [0, 0.05) is 38.4 Å². The number of furan rings is 1. The van der Waals surface area contributed by atoms with Crippen molar-refractivity contribution in [3.05, 3.63) is 140 Å². The Balaban J connectivity index is 1.34. The van der Waals surface area contributed by atoms with Crippen molar-refractivity contribution in [1.29, 1.82) is 0 Å². The maximum atomic E-state index is 6.26. The number of aromatic nitrogens is 3. The molecular formula is C38H23N3O. The van der Waals surface area contributed by atoms with Crippen LogP contribution in [0.25, 0.3) is 83.0 Å². The third-order valence-electron chi connectivity index (χ3n) is 8.18. The molecule has 3 heterocycles. The number of hydrogen-bond donors (Lipinski definition) is 0. The summed E-state index contributed by atoms with van der Waals surface area (Å²) in [5, 5.41) is 4.67. The summed E-state index contributed by atoms with van der Waals surface area (Å²) in [6.07, 6.45) is 0. The topological polar surface area (TPSA) is 43.9 Å². The predicted octanol–water partition coefficient (Wildman–Crippen LogP) is 9.96. The number of nitrogens with zero attached hydrogens (tertiary/aromatic N) is 3. The lowest BCUT2D eigenvalue weighted by Crippen LogP contribution is -1.98. The van der Waals surface area contributed by atoms with Crippen molar-refractivity contribution in [2.45, 2.75) is 0 Å². The van der Waals surface area contributed by atoms with Crippen LogP contribution in [0.15, 0.2) is 144 Å². The van der Waals surface area contributed by atoms with Crippen molar-refractivity contribution in [2.75, 3.05) is 0 Å². The van der Waals surface area contributed by atoms with Gasteiger partial charge in [0.1, 0.15) is 11.2 Å². The largest absolute Gasteiger partial charge is 0.456 e. The second kappa shape index (κ2) is 8.88. The molecule has 0 saturated carbocycles. The molecule has 42 heavy (non-hydrogen) atoms. The first-order valence-electron chi connectivity index (χ1n) is 14.1. The number of fused-ring (bicyclic) bond motifs is 8. The molecule has 9 aromatic rings. The normalized spacial score (nSPS) is 11.8. The minimum absolute atomic E-state index is 0.854. The van der Waals surface area contributed by atoms with Crippen LogP contribution in [0.2, 0.25) is 0 Å². The first kappa shape index (κ1) is 23.0. The van der Waals surface area contributed by atoms with E-state index in [9.17, 15) is 0 Å². The van der Waals surface area contributed by atoms with Gasteiger partial charge in [-0.2, -0.15) is 0 Å². The molecule has 6 aromatic carbocycles. The zero-order valence-corrected chi connectivity index (χ0v) is 22.5. The van der Waals surface area contributed by atoms with E-state index in [0.29, 0.717) is 0 Å². The molecule has 0 aliphatic carbocycles. The average Bonchev–Trinajstić information content (AvgIpc) is 3.60. The molecule has 9 rings (SSSR count). The lowest BCUT2D eigenvalue weighted by molar-refractivity contribution is 0.669. The smallest absolute Gasteiger partial charge is 0.136 e. The zero-order chi connectivity index (χ0) is 27.6. The predicted molar refractivity (Wildman–Crippen MR) is 172 cm³/mol. The Hall–Kier alpha value is -5.74. The van der Waals surface area contributed by atoms with E-state index in [1.165, 1.54) is 10.8 Å². The van der Waals surface area contributed by atoms with Gasteiger partial charge in [-0.1, -0.05) is 97.1 Å². The number of rotatable bonds is 3. The van der Waals surface area contributed by atoms with Crippen LogP contribution in [0, 0.1) is 0 Å². The molecule has 0 fully saturated rings. The van der Waals surface area contributed by atoms with E-state index in [-0.39, 0.29) is 0 Å². The Labute approximate surface area is 241 Å². The molecule has 0 spiro atoms. The Morgan fingerprint density at radius 2 is 1.10 bits per heavy atom. The molecule has 0 bridgehead atoms. The van der Waals surface area contributed by atoms with E-state index in [0.717, 1.165) is 72.2 Å². The van der Waals surface area contributed by atoms with Gasteiger partial charge in [-0.15, -0.1) is 0 Å². The molecular weight excluding hydrogens is 514 g/mol. The quantitative estimate of drug-likeness (QED) is 0.225. The van der Waals surface area contributed by atoms with E-state index in [4.69, 9.17) is 14.4 Å². The third kappa shape index (κ3) is 3.36. The van der Waals surface area contributed by atoms with Gasteiger partial charge in [0.25, 0.3) is 0 Å². The summed E-state index contributed by atoms with van der Waals surface area (Å²) in [5.74, 6) is 0. The molecule has 196 valence electrons. The molecule has 0 unspecified atom stereocenters. The first-order chi connectivity index (χ1) is 20.8. The molecule has 4 heteroatoms. The zero-order valence-electron chi connectivity index (χ0n) is 22.5. The summed E-state index contributed by atoms with van der Waals surface area (Å²) >= 11 is 0. The lowest BCUT2D eigenvalue weighted by atomic mass is 10.0. The monoisotopic (exact) mass is 537 g/mol. The van der Waals surface area contributed by atoms with Crippen molar-refractivity contribution in [1.82, 2.24) is 14.5 Å². The molecule has 4 nitrogen and oxygen atoms in total. The minimum atomic E-state index is 0.854. The van der Waals surface area contributed by atoms with Gasteiger partial charge in [0.2, 0.25) is 0 Å². The molecule has 0 aliphatic rings. The molecule has 0 atom stereocenters. The van der Waals surface area contributed by atoms with Gasteiger partial charge in [0.05, 0.1) is 33.5 Å². The number of para-hydroxylation sites is 2. The third-order valence-corrected chi connectivity index (χ3v) is 8.18. The van der Waals surface area contributed by atoms with Gasteiger partial charge >= 0.3 is 0 Å². The second-order valence-electron chi connectivity index (χ2n) is 10.6. The summed E-state index contributed by atoms with van der Waals surface area (Å²) in [5.41, 5.74) is 10.7. The summed E-state index contributed by atoms with van der Waals surface area (Å²) < 4.78 is 8.59.